The molecule has 0 saturated carbocycles. The van der Waals surface area contributed by atoms with Gasteiger partial charge in [0, 0.05) is 13.1 Å². The predicted octanol–water partition coefficient (Wildman–Crippen LogP) is 3.56. The van der Waals surface area contributed by atoms with Crippen molar-refractivity contribution in [3.63, 3.8) is 0 Å². The van der Waals surface area contributed by atoms with Gasteiger partial charge >= 0.3 is 0 Å². The Labute approximate surface area is 151 Å². The van der Waals surface area contributed by atoms with Gasteiger partial charge in [-0.3, -0.25) is 4.79 Å². The van der Waals surface area contributed by atoms with E-state index in [0.29, 0.717) is 5.91 Å². The molecule has 0 radical (unpaired) electrons. The molecule has 1 amide bonds. The van der Waals surface area contributed by atoms with Gasteiger partial charge in [0.25, 0.3) is 0 Å². The van der Waals surface area contributed by atoms with Crippen molar-refractivity contribution in [3.8, 4) is 5.75 Å². The van der Waals surface area contributed by atoms with Crippen molar-refractivity contribution in [1.29, 1.82) is 0 Å². The molecule has 2 fully saturated rings. The molecule has 0 aliphatic carbocycles. The summed E-state index contributed by atoms with van der Waals surface area (Å²) in [6.07, 6.45) is 6.74. The van der Waals surface area contributed by atoms with E-state index in [1.807, 2.05) is 12.1 Å². The third-order valence-corrected chi connectivity index (χ3v) is 5.18. The first-order valence-electron chi connectivity index (χ1n) is 8.95. The summed E-state index contributed by atoms with van der Waals surface area (Å²) in [6, 6.07) is 8.47. The highest BCUT2D eigenvalue weighted by molar-refractivity contribution is 5.85. The van der Waals surface area contributed by atoms with E-state index in [-0.39, 0.29) is 24.4 Å². The summed E-state index contributed by atoms with van der Waals surface area (Å²) in [4.78, 5) is 15.2. The molecule has 4 nitrogen and oxygen atoms in total. The zero-order chi connectivity index (χ0) is 16.1. The van der Waals surface area contributed by atoms with Crippen LogP contribution in [0.5, 0.6) is 5.75 Å². The van der Waals surface area contributed by atoms with Gasteiger partial charge in [0.1, 0.15) is 5.75 Å². The van der Waals surface area contributed by atoms with Crippen LogP contribution in [0.1, 0.15) is 50.1 Å². The first kappa shape index (κ1) is 19.1. The Balaban J connectivity index is 0.00000208. The Bertz CT molecular complexity index is 515. The summed E-state index contributed by atoms with van der Waals surface area (Å²) < 4.78 is 5.26. The van der Waals surface area contributed by atoms with Crippen molar-refractivity contribution in [2.45, 2.75) is 44.6 Å². The maximum absolute atomic E-state index is 13.1. The van der Waals surface area contributed by atoms with Crippen molar-refractivity contribution in [1.82, 2.24) is 10.2 Å². The Kier molecular flexibility index (Phi) is 7.38. The molecule has 2 aliphatic rings. The number of methoxy groups -OCH3 is 1. The van der Waals surface area contributed by atoms with Gasteiger partial charge in [-0.2, -0.15) is 0 Å². The molecule has 0 aromatic heterocycles. The number of ether oxygens (including phenoxy) is 1. The lowest BCUT2D eigenvalue weighted by molar-refractivity contribution is -0.138. The van der Waals surface area contributed by atoms with Gasteiger partial charge in [0.2, 0.25) is 5.91 Å². The van der Waals surface area contributed by atoms with E-state index in [4.69, 9.17) is 4.74 Å². The van der Waals surface area contributed by atoms with E-state index >= 15 is 0 Å². The number of nitrogens with one attached hydrogen (secondary N) is 1. The highest BCUT2D eigenvalue weighted by atomic mass is 35.5. The fourth-order valence-electron chi connectivity index (χ4n) is 3.84. The zero-order valence-corrected chi connectivity index (χ0v) is 15.3. The van der Waals surface area contributed by atoms with Crippen LogP contribution in [-0.2, 0) is 4.79 Å². The second-order valence-electron chi connectivity index (χ2n) is 6.71. The molecule has 2 atom stereocenters. The number of carbonyl (C=O) groups is 1. The van der Waals surface area contributed by atoms with Crippen LogP contribution in [-0.4, -0.2) is 37.6 Å². The van der Waals surface area contributed by atoms with Crippen LogP contribution in [0.4, 0.5) is 0 Å². The summed E-state index contributed by atoms with van der Waals surface area (Å²) in [5.41, 5.74) is 1.24. The minimum absolute atomic E-state index is 0. The van der Waals surface area contributed by atoms with Gasteiger partial charge in [-0.15, -0.1) is 12.4 Å². The number of piperidine rings is 1. The van der Waals surface area contributed by atoms with Gasteiger partial charge in [-0.1, -0.05) is 25.0 Å². The molecule has 1 aromatic rings. The van der Waals surface area contributed by atoms with Crippen molar-refractivity contribution >= 4 is 18.3 Å². The molecule has 134 valence electrons. The van der Waals surface area contributed by atoms with Crippen molar-refractivity contribution in [2.24, 2.45) is 5.92 Å². The number of hydrogen-bond acceptors (Lipinski definition) is 3. The Hall–Kier alpha value is -1.26. The minimum Gasteiger partial charge on any atom is -0.497 e. The van der Waals surface area contributed by atoms with E-state index in [9.17, 15) is 4.79 Å². The van der Waals surface area contributed by atoms with Gasteiger partial charge in [-0.25, -0.2) is 0 Å². The molecule has 5 heteroatoms. The number of carbonyl (C=O) groups excluding carboxylic acids is 1. The van der Waals surface area contributed by atoms with Gasteiger partial charge in [-0.05, 0) is 49.9 Å². The zero-order valence-electron chi connectivity index (χ0n) is 14.5. The normalized spacial score (nSPS) is 24.6. The van der Waals surface area contributed by atoms with E-state index in [2.05, 4.69) is 22.3 Å². The Morgan fingerprint density at radius 3 is 2.58 bits per heavy atom. The van der Waals surface area contributed by atoms with Gasteiger partial charge < -0.3 is 15.0 Å². The van der Waals surface area contributed by atoms with Crippen LogP contribution < -0.4 is 10.1 Å². The maximum atomic E-state index is 13.1. The predicted molar refractivity (Wildman–Crippen MR) is 98.8 cm³/mol. The lowest BCUT2D eigenvalue weighted by Crippen LogP contribution is -2.44. The van der Waals surface area contributed by atoms with Gasteiger partial charge in [0.15, 0.2) is 0 Å². The first-order valence-corrected chi connectivity index (χ1v) is 8.95. The summed E-state index contributed by atoms with van der Waals surface area (Å²) >= 11 is 0. The molecule has 1 N–H and O–H groups in total. The molecule has 2 unspecified atom stereocenters. The lowest BCUT2D eigenvalue weighted by atomic mass is 9.95. The average Bonchev–Trinajstić information content (AvgIpc) is 2.88. The molecule has 2 saturated heterocycles. The first-order chi connectivity index (χ1) is 11.3. The lowest BCUT2D eigenvalue weighted by Gasteiger charge is -2.35. The molecule has 3 rings (SSSR count). The SMILES string of the molecule is COc1ccc(C2CCCCCN2C(=O)C2CCCNC2)cc1.Cl. The molecule has 0 bridgehead atoms. The van der Waals surface area contributed by atoms with Crippen LogP contribution in [0.3, 0.4) is 0 Å². The number of likely N-dealkylation sites (tertiary alicyclic amines) is 1. The number of nitrogens with zero attached hydrogens (tertiary/aromatic N) is 1. The molecular formula is C19H29ClN2O2. The topological polar surface area (TPSA) is 41.6 Å². The second kappa shape index (κ2) is 9.28. The van der Waals surface area contributed by atoms with E-state index in [1.54, 1.807) is 7.11 Å². The fourth-order valence-corrected chi connectivity index (χ4v) is 3.84. The summed E-state index contributed by atoms with van der Waals surface area (Å²) in [5.74, 6) is 1.37. The molecule has 24 heavy (non-hydrogen) atoms. The van der Waals surface area contributed by atoms with E-state index in [1.165, 1.54) is 18.4 Å². The third kappa shape index (κ3) is 4.42. The van der Waals surface area contributed by atoms with Crippen LogP contribution in [0, 0.1) is 5.92 Å². The van der Waals surface area contributed by atoms with Crippen molar-refractivity contribution < 1.29 is 9.53 Å². The van der Waals surface area contributed by atoms with Crippen molar-refractivity contribution in [3.05, 3.63) is 29.8 Å². The summed E-state index contributed by atoms with van der Waals surface area (Å²) in [6.45, 7) is 2.78. The summed E-state index contributed by atoms with van der Waals surface area (Å²) in [7, 11) is 1.69. The number of amides is 1. The Morgan fingerprint density at radius 1 is 1.12 bits per heavy atom. The average molecular weight is 353 g/mol. The number of rotatable bonds is 3. The number of hydrogen-bond donors (Lipinski definition) is 1. The van der Waals surface area contributed by atoms with Gasteiger partial charge in [0.05, 0.1) is 19.1 Å². The smallest absolute Gasteiger partial charge is 0.227 e. The third-order valence-electron chi connectivity index (χ3n) is 5.18. The molecule has 0 spiro atoms. The quantitative estimate of drug-likeness (QED) is 0.904. The number of benzene rings is 1. The number of halogens is 1. The highest BCUT2D eigenvalue weighted by Gasteiger charge is 2.32. The monoisotopic (exact) mass is 352 g/mol. The van der Waals surface area contributed by atoms with Crippen LogP contribution in [0.25, 0.3) is 0 Å². The Morgan fingerprint density at radius 2 is 1.92 bits per heavy atom. The molecular weight excluding hydrogens is 324 g/mol. The molecule has 2 heterocycles. The highest BCUT2D eigenvalue weighted by Crippen LogP contribution is 2.33. The standard InChI is InChI=1S/C19H28N2O2.ClH/c1-23-17-10-8-15(9-11-17)18-7-3-2-4-13-21(18)19(22)16-6-5-12-20-14-16;/h8-11,16,18,20H,2-7,12-14H2,1H3;1H. The maximum Gasteiger partial charge on any atom is 0.227 e. The largest absolute Gasteiger partial charge is 0.497 e. The molecule has 1 aromatic carbocycles. The minimum atomic E-state index is 0. The van der Waals surface area contributed by atoms with Crippen molar-refractivity contribution in [2.75, 3.05) is 26.7 Å². The molecule has 2 aliphatic heterocycles. The van der Waals surface area contributed by atoms with E-state index < -0.39 is 0 Å². The summed E-state index contributed by atoms with van der Waals surface area (Å²) in [5, 5.41) is 3.38. The van der Waals surface area contributed by atoms with Crippen LogP contribution in [0.2, 0.25) is 0 Å². The van der Waals surface area contributed by atoms with E-state index in [0.717, 1.165) is 51.1 Å². The second-order valence-corrected chi connectivity index (χ2v) is 6.71. The van der Waals surface area contributed by atoms with Crippen LogP contribution in [0.15, 0.2) is 24.3 Å². The fraction of sp³-hybridized carbons (Fsp3) is 0.632. The van der Waals surface area contributed by atoms with Crippen LogP contribution >= 0.6 is 12.4 Å².